The molecule has 0 atom stereocenters. The minimum Gasteiger partial charge on any atom is -0.321 e. The minimum absolute atomic E-state index is 0.112. The van der Waals surface area contributed by atoms with Crippen LogP contribution in [0.5, 0.6) is 0 Å². The molecule has 0 saturated heterocycles. The average molecular weight is 358 g/mol. The van der Waals surface area contributed by atoms with Crippen LogP contribution in [0.15, 0.2) is 66.0 Å². The van der Waals surface area contributed by atoms with Gasteiger partial charge in [0.2, 0.25) is 0 Å². The number of rotatable bonds is 3. The summed E-state index contributed by atoms with van der Waals surface area (Å²) in [5, 5.41) is 5.97. The Balaban J connectivity index is 1.83. The first-order valence-corrected chi connectivity index (χ1v) is 9.32. The summed E-state index contributed by atoms with van der Waals surface area (Å²) < 4.78 is 0. The van der Waals surface area contributed by atoms with E-state index in [-0.39, 0.29) is 5.91 Å². The molecule has 0 aliphatic carbocycles. The Morgan fingerprint density at radius 1 is 0.962 bits per heavy atom. The first kappa shape index (κ1) is 16.5. The summed E-state index contributed by atoms with van der Waals surface area (Å²) >= 11 is 1.62. The van der Waals surface area contributed by atoms with E-state index in [4.69, 9.17) is 4.98 Å². The molecule has 1 N–H and O–H groups in total. The van der Waals surface area contributed by atoms with Gasteiger partial charge in [-0.05, 0) is 48.6 Å². The number of aromatic nitrogens is 1. The molecule has 3 nitrogen and oxygen atoms in total. The lowest BCUT2D eigenvalue weighted by Gasteiger charge is -2.13. The van der Waals surface area contributed by atoms with E-state index in [1.54, 1.807) is 11.3 Å². The third-order valence-electron chi connectivity index (χ3n) is 4.45. The summed E-state index contributed by atoms with van der Waals surface area (Å²) in [6, 6.07) is 19.7. The molecule has 0 fully saturated rings. The van der Waals surface area contributed by atoms with Crippen molar-refractivity contribution in [1.29, 1.82) is 0 Å². The summed E-state index contributed by atoms with van der Waals surface area (Å²) in [7, 11) is 0. The number of carbonyl (C=O) groups is 1. The Labute approximate surface area is 156 Å². The summed E-state index contributed by atoms with van der Waals surface area (Å²) in [6.45, 7) is 4.01. The lowest BCUT2D eigenvalue weighted by atomic mass is 10.0. The van der Waals surface area contributed by atoms with Gasteiger partial charge in [0.15, 0.2) is 0 Å². The lowest BCUT2D eigenvalue weighted by Crippen LogP contribution is -2.14. The highest BCUT2D eigenvalue weighted by Gasteiger charge is 2.16. The zero-order chi connectivity index (χ0) is 18.1. The molecule has 4 heteroatoms. The number of amides is 1. The second kappa shape index (κ2) is 6.73. The third kappa shape index (κ3) is 3.00. The number of fused-ring (bicyclic) bond motifs is 1. The van der Waals surface area contributed by atoms with Crippen molar-refractivity contribution in [2.24, 2.45) is 0 Å². The fraction of sp³-hybridized carbons (Fsp3) is 0.0909. The number of nitrogens with zero attached hydrogens (tertiary/aromatic N) is 1. The van der Waals surface area contributed by atoms with Gasteiger partial charge >= 0.3 is 0 Å². The molecule has 128 valence electrons. The fourth-order valence-corrected chi connectivity index (χ4v) is 3.79. The fourth-order valence-electron chi connectivity index (χ4n) is 3.11. The normalized spacial score (nSPS) is 10.8. The molecule has 0 aliphatic rings. The quantitative estimate of drug-likeness (QED) is 0.500. The van der Waals surface area contributed by atoms with Crippen LogP contribution in [0.2, 0.25) is 0 Å². The van der Waals surface area contributed by atoms with Gasteiger partial charge in [0.1, 0.15) is 0 Å². The van der Waals surface area contributed by atoms with Crippen LogP contribution >= 0.6 is 11.3 Å². The molecule has 0 spiro atoms. The molecule has 0 unspecified atom stereocenters. The van der Waals surface area contributed by atoms with Gasteiger partial charge in [-0.25, -0.2) is 4.98 Å². The van der Waals surface area contributed by atoms with Crippen LogP contribution in [0.4, 0.5) is 5.69 Å². The number of hydrogen-bond donors (Lipinski definition) is 1. The topological polar surface area (TPSA) is 42.0 Å². The number of aryl methyl sites for hydroxylation is 2. The smallest absolute Gasteiger partial charge is 0.256 e. The molecule has 2 heterocycles. The number of para-hydroxylation sites is 2. The molecule has 4 aromatic rings. The van der Waals surface area contributed by atoms with Gasteiger partial charge in [-0.2, -0.15) is 0 Å². The maximum atomic E-state index is 13.1. The maximum Gasteiger partial charge on any atom is 0.256 e. The highest BCUT2D eigenvalue weighted by atomic mass is 32.1. The van der Waals surface area contributed by atoms with E-state index in [1.165, 1.54) is 0 Å². The van der Waals surface area contributed by atoms with Crippen molar-refractivity contribution < 1.29 is 4.79 Å². The molecule has 26 heavy (non-hydrogen) atoms. The van der Waals surface area contributed by atoms with Gasteiger partial charge in [-0.3, -0.25) is 4.79 Å². The highest BCUT2D eigenvalue weighted by Crippen LogP contribution is 2.29. The summed E-state index contributed by atoms with van der Waals surface area (Å²) in [5.74, 6) is -0.112. The van der Waals surface area contributed by atoms with E-state index in [0.29, 0.717) is 5.56 Å². The minimum atomic E-state index is -0.112. The van der Waals surface area contributed by atoms with E-state index in [1.807, 2.05) is 79.9 Å². The zero-order valence-electron chi connectivity index (χ0n) is 14.6. The van der Waals surface area contributed by atoms with Crippen LogP contribution in [0, 0.1) is 13.8 Å². The number of nitrogens with one attached hydrogen (secondary N) is 1. The number of anilines is 1. The summed E-state index contributed by atoms with van der Waals surface area (Å²) in [6.07, 6.45) is 0. The van der Waals surface area contributed by atoms with Crippen LogP contribution in [-0.4, -0.2) is 10.9 Å². The number of pyridine rings is 1. The molecule has 0 aliphatic heterocycles. The van der Waals surface area contributed by atoms with Crippen molar-refractivity contribution in [2.75, 3.05) is 5.32 Å². The second-order valence-corrected chi connectivity index (χ2v) is 7.22. The van der Waals surface area contributed by atoms with Crippen molar-refractivity contribution in [3.05, 3.63) is 82.7 Å². The van der Waals surface area contributed by atoms with Crippen LogP contribution in [0.1, 0.15) is 21.5 Å². The first-order chi connectivity index (χ1) is 12.6. The number of thiophene rings is 1. The average Bonchev–Trinajstić information content (AvgIpc) is 3.18. The Bertz CT molecular complexity index is 1080. The maximum absolute atomic E-state index is 13.1. The Morgan fingerprint density at radius 3 is 2.46 bits per heavy atom. The van der Waals surface area contributed by atoms with E-state index in [2.05, 4.69) is 5.32 Å². The molecular formula is C22H18N2OS. The summed E-state index contributed by atoms with van der Waals surface area (Å²) in [4.78, 5) is 18.9. The van der Waals surface area contributed by atoms with Gasteiger partial charge in [-0.15, -0.1) is 11.3 Å². The molecule has 0 saturated carbocycles. The molecule has 0 radical (unpaired) electrons. The highest BCUT2D eigenvalue weighted by molar-refractivity contribution is 7.13. The van der Waals surface area contributed by atoms with Crippen LogP contribution in [-0.2, 0) is 0 Å². The van der Waals surface area contributed by atoms with Crippen molar-refractivity contribution in [3.8, 4) is 10.6 Å². The van der Waals surface area contributed by atoms with E-state index >= 15 is 0 Å². The number of hydrogen-bond acceptors (Lipinski definition) is 3. The van der Waals surface area contributed by atoms with Crippen LogP contribution in [0.25, 0.3) is 21.5 Å². The van der Waals surface area contributed by atoms with Gasteiger partial charge in [0, 0.05) is 11.1 Å². The van der Waals surface area contributed by atoms with Gasteiger partial charge in [-0.1, -0.05) is 42.5 Å². The molecule has 4 rings (SSSR count). The van der Waals surface area contributed by atoms with Crippen LogP contribution < -0.4 is 5.32 Å². The standard InChI is InChI=1S/C22H18N2OS/c1-14-7-5-8-15(2)21(14)24-22(25)17-13-19(20-11-6-12-26-20)23-18-10-4-3-9-16(17)18/h3-13H,1-2H3,(H,24,25). The van der Waals surface area contributed by atoms with E-state index in [0.717, 1.165) is 38.3 Å². The largest absolute Gasteiger partial charge is 0.321 e. The Morgan fingerprint density at radius 2 is 1.73 bits per heavy atom. The van der Waals surface area contributed by atoms with Crippen LogP contribution in [0.3, 0.4) is 0 Å². The predicted molar refractivity (Wildman–Crippen MR) is 109 cm³/mol. The second-order valence-electron chi connectivity index (χ2n) is 6.27. The SMILES string of the molecule is Cc1cccc(C)c1NC(=O)c1cc(-c2cccs2)nc2ccccc12. The van der Waals surface area contributed by atoms with Crippen molar-refractivity contribution in [3.63, 3.8) is 0 Å². The van der Waals surface area contributed by atoms with E-state index < -0.39 is 0 Å². The molecular weight excluding hydrogens is 340 g/mol. The lowest BCUT2D eigenvalue weighted by molar-refractivity contribution is 0.102. The van der Waals surface area contributed by atoms with Gasteiger partial charge < -0.3 is 5.32 Å². The molecule has 2 aromatic heterocycles. The van der Waals surface area contributed by atoms with Crippen molar-refractivity contribution >= 4 is 33.8 Å². The van der Waals surface area contributed by atoms with Crippen molar-refractivity contribution in [1.82, 2.24) is 4.98 Å². The number of carbonyl (C=O) groups excluding carboxylic acids is 1. The first-order valence-electron chi connectivity index (χ1n) is 8.45. The Kier molecular flexibility index (Phi) is 4.27. The zero-order valence-corrected chi connectivity index (χ0v) is 15.4. The number of benzene rings is 2. The molecule has 0 bridgehead atoms. The third-order valence-corrected chi connectivity index (χ3v) is 5.35. The predicted octanol–water partition coefficient (Wildman–Crippen LogP) is 5.83. The Hall–Kier alpha value is -2.98. The molecule has 1 amide bonds. The monoisotopic (exact) mass is 358 g/mol. The van der Waals surface area contributed by atoms with Gasteiger partial charge in [0.25, 0.3) is 5.91 Å². The van der Waals surface area contributed by atoms with E-state index in [9.17, 15) is 4.79 Å². The van der Waals surface area contributed by atoms with Gasteiger partial charge in [0.05, 0.1) is 21.7 Å². The van der Waals surface area contributed by atoms with Crippen molar-refractivity contribution in [2.45, 2.75) is 13.8 Å². The summed E-state index contributed by atoms with van der Waals surface area (Å²) in [5.41, 5.74) is 5.26. The molecule has 2 aromatic carbocycles.